The Morgan fingerprint density at radius 3 is 2.74 bits per heavy atom. The Kier molecular flexibility index (Phi) is 4.14. The molecule has 0 bridgehead atoms. The predicted molar refractivity (Wildman–Crippen MR) is 72.1 cm³/mol. The molecule has 0 amide bonds. The molecule has 0 unspecified atom stereocenters. The quantitative estimate of drug-likeness (QED) is 0.823. The SMILES string of the molecule is Cc1ncc(Br)cc1O[C@H](C)c1cc(F)ccc1F. The fourth-order valence-electron chi connectivity index (χ4n) is 1.69. The van der Waals surface area contributed by atoms with Crippen LogP contribution in [0.3, 0.4) is 0 Å². The third kappa shape index (κ3) is 3.29. The normalized spacial score (nSPS) is 12.3. The lowest BCUT2D eigenvalue weighted by atomic mass is 10.1. The van der Waals surface area contributed by atoms with Crippen LogP contribution >= 0.6 is 15.9 Å². The molecule has 1 heterocycles. The maximum absolute atomic E-state index is 13.6. The van der Waals surface area contributed by atoms with Gasteiger partial charge < -0.3 is 4.74 Å². The standard InChI is InChI=1S/C14H12BrF2NO/c1-8-14(5-10(15)7-18-8)19-9(2)12-6-11(16)3-4-13(12)17/h3-7,9H,1-2H3/t9-/m1/s1. The summed E-state index contributed by atoms with van der Waals surface area (Å²) in [6.45, 7) is 3.45. The number of nitrogens with zero attached hydrogens (tertiary/aromatic N) is 1. The highest BCUT2D eigenvalue weighted by atomic mass is 79.9. The molecule has 0 radical (unpaired) electrons. The van der Waals surface area contributed by atoms with E-state index < -0.39 is 17.7 Å². The fourth-order valence-corrected chi connectivity index (χ4v) is 2.00. The molecule has 1 aromatic heterocycles. The Labute approximate surface area is 118 Å². The van der Waals surface area contributed by atoms with Crippen LogP contribution < -0.4 is 4.74 Å². The number of hydrogen-bond donors (Lipinski definition) is 0. The lowest BCUT2D eigenvalue weighted by molar-refractivity contribution is 0.218. The second-order valence-electron chi connectivity index (χ2n) is 4.16. The van der Waals surface area contributed by atoms with E-state index in [4.69, 9.17) is 4.74 Å². The summed E-state index contributed by atoms with van der Waals surface area (Å²) >= 11 is 3.29. The number of benzene rings is 1. The molecule has 1 aromatic carbocycles. The zero-order chi connectivity index (χ0) is 14.0. The second-order valence-corrected chi connectivity index (χ2v) is 5.08. The molecule has 0 saturated heterocycles. The van der Waals surface area contributed by atoms with Crippen LogP contribution in [0.2, 0.25) is 0 Å². The molecule has 2 rings (SSSR count). The summed E-state index contributed by atoms with van der Waals surface area (Å²) in [6.07, 6.45) is 1.04. The molecule has 2 nitrogen and oxygen atoms in total. The van der Waals surface area contributed by atoms with Crippen LogP contribution in [0, 0.1) is 18.6 Å². The van der Waals surface area contributed by atoms with E-state index in [0.29, 0.717) is 11.4 Å². The minimum absolute atomic E-state index is 0.180. The van der Waals surface area contributed by atoms with E-state index in [1.54, 1.807) is 26.1 Å². The van der Waals surface area contributed by atoms with Gasteiger partial charge in [-0.25, -0.2) is 8.78 Å². The van der Waals surface area contributed by atoms with Gasteiger partial charge in [0.25, 0.3) is 0 Å². The van der Waals surface area contributed by atoms with Crippen molar-refractivity contribution in [1.82, 2.24) is 4.98 Å². The van der Waals surface area contributed by atoms with E-state index in [1.165, 1.54) is 0 Å². The lowest BCUT2D eigenvalue weighted by Gasteiger charge is -2.17. The van der Waals surface area contributed by atoms with E-state index in [2.05, 4.69) is 20.9 Å². The summed E-state index contributed by atoms with van der Waals surface area (Å²) in [7, 11) is 0. The molecule has 0 aliphatic carbocycles. The third-order valence-corrected chi connectivity index (χ3v) is 3.14. The lowest BCUT2D eigenvalue weighted by Crippen LogP contribution is -2.07. The first-order valence-corrected chi connectivity index (χ1v) is 6.50. The minimum Gasteiger partial charge on any atom is -0.484 e. The molecule has 0 fully saturated rings. The summed E-state index contributed by atoms with van der Waals surface area (Å²) in [4.78, 5) is 4.13. The highest BCUT2D eigenvalue weighted by Gasteiger charge is 2.15. The monoisotopic (exact) mass is 327 g/mol. The molecule has 2 aromatic rings. The number of aromatic nitrogens is 1. The summed E-state index contributed by atoms with van der Waals surface area (Å²) in [5.74, 6) is -0.448. The Hall–Kier alpha value is -1.49. The third-order valence-electron chi connectivity index (χ3n) is 2.71. The van der Waals surface area contributed by atoms with Crippen molar-refractivity contribution in [3.05, 3.63) is 57.8 Å². The molecule has 0 saturated carbocycles. The first-order chi connectivity index (χ1) is 8.97. The molecule has 19 heavy (non-hydrogen) atoms. The van der Waals surface area contributed by atoms with Crippen LogP contribution in [0.1, 0.15) is 24.3 Å². The van der Waals surface area contributed by atoms with Gasteiger partial charge in [0.2, 0.25) is 0 Å². The van der Waals surface area contributed by atoms with E-state index in [1.807, 2.05) is 0 Å². The number of ether oxygens (including phenoxy) is 1. The van der Waals surface area contributed by atoms with Crippen LogP contribution in [-0.4, -0.2) is 4.98 Å². The van der Waals surface area contributed by atoms with Crippen molar-refractivity contribution >= 4 is 15.9 Å². The molecular formula is C14H12BrF2NO. The average molecular weight is 328 g/mol. The number of rotatable bonds is 3. The molecule has 0 aliphatic rings. The number of aryl methyl sites for hydroxylation is 1. The maximum atomic E-state index is 13.6. The smallest absolute Gasteiger partial charge is 0.142 e. The van der Waals surface area contributed by atoms with E-state index >= 15 is 0 Å². The molecule has 100 valence electrons. The van der Waals surface area contributed by atoms with Gasteiger partial charge in [0.05, 0.1) is 5.69 Å². The van der Waals surface area contributed by atoms with E-state index in [9.17, 15) is 8.78 Å². The van der Waals surface area contributed by atoms with Crippen molar-refractivity contribution in [3.8, 4) is 5.75 Å². The minimum atomic E-state index is -0.606. The summed E-state index contributed by atoms with van der Waals surface area (Å²) in [6, 6.07) is 5.06. The second kappa shape index (κ2) is 5.65. The van der Waals surface area contributed by atoms with Crippen molar-refractivity contribution in [2.45, 2.75) is 20.0 Å². The van der Waals surface area contributed by atoms with Crippen LogP contribution in [-0.2, 0) is 0 Å². The first-order valence-electron chi connectivity index (χ1n) is 5.71. The maximum Gasteiger partial charge on any atom is 0.142 e. The predicted octanol–water partition coefficient (Wildman–Crippen LogP) is 4.57. The van der Waals surface area contributed by atoms with Gasteiger partial charge in [-0.05, 0) is 54.0 Å². The van der Waals surface area contributed by atoms with E-state index in [-0.39, 0.29) is 5.56 Å². The molecule has 5 heteroatoms. The van der Waals surface area contributed by atoms with Crippen LogP contribution in [0.25, 0.3) is 0 Å². The number of pyridine rings is 1. The van der Waals surface area contributed by atoms with Gasteiger partial charge in [0, 0.05) is 16.2 Å². The zero-order valence-electron chi connectivity index (χ0n) is 10.5. The summed E-state index contributed by atoms with van der Waals surface area (Å²) in [5, 5.41) is 0. The van der Waals surface area contributed by atoms with Crippen molar-refractivity contribution in [3.63, 3.8) is 0 Å². The van der Waals surface area contributed by atoms with Gasteiger partial charge >= 0.3 is 0 Å². The van der Waals surface area contributed by atoms with Crippen LogP contribution in [0.4, 0.5) is 8.78 Å². The van der Waals surface area contributed by atoms with Crippen molar-refractivity contribution in [2.24, 2.45) is 0 Å². The summed E-state index contributed by atoms with van der Waals surface area (Å²) < 4.78 is 33.2. The highest BCUT2D eigenvalue weighted by molar-refractivity contribution is 9.10. The van der Waals surface area contributed by atoms with Gasteiger partial charge in [-0.15, -0.1) is 0 Å². The largest absolute Gasteiger partial charge is 0.484 e. The molecule has 0 spiro atoms. The van der Waals surface area contributed by atoms with Crippen molar-refractivity contribution in [1.29, 1.82) is 0 Å². The molecular weight excluding hydrogens is 316 g/mol. The average Bonchev–Trinajstić information content (AvgIpc) is 2.36. The Bertz CT molecular complexity index is 604. The topological polar surface area (TPSA) is 22.1 Å². The Morgan fingerprint density at radius 1 is 1.26 bits per heavy atom. The number of halogens is 3. The van der Waals surface area contributed by atoms with E-state index in [0.717, 1.165) is 22.7 Å². The van der Waals surface area contributed by atoms with Gasteiger partial charge in [0.15, 0.2) is 0 Å². The van der Waals surface area contributed by atoms with Gasteiger partial charge in [0.1, 0.15) is 23.5 Å². The fraction of sp³-hybridized carbons (Fsp3) is 0.214. The zero-order valence-corrected chi connectivity index (χ0v) is 12.0. The Morgan fingerprint density at radius 2 is 2.00 bits per heavy atom. The van der Waals surface area contributed by atoms with Crippen LogP contribution in [0.5, 0.6) is 5.75 Å². The van der Waals surface area contributed by atoms with Crippen molar-refractivity contribution in [2.75, 3.05) is 0 Å². The van der Waals surface area contributed by atoms with Gasteiger partial charge in [-0.2, -0.15) is 0 Å². The first kappa shape index (κ1) is 13.9. The Balaban J connectivity index is 2.27. The van der Waals surface area contributed by atoms with Gasteiger partial charge in [-0.1, -0.05) is 0 Å². The number of hydrogen-bond acceptors (Lipinski definition) is 2. The molecule has 1 atom stereocenters. The van der Waals surface area contributed by atoms with Crippen LogP contribution in [0.15, 0.2) is 34.9 Å². The summed E-state index contributed by atoms with van der Waals surface area (Å²) in [5.41, 5.74) is 0.867. The highest BCUT2D eigenvalue weighted by Crippen LogP contribution is 2.27. The van der Waals surface area contributed by atoms with Gasteiger partial charge in [-0.3, -0.25) is 4.98 Å². The van der Waals surface area contributed by atoms with Crippen molar-refractivity contribution < 1.29 is 13.5 Å². The molecule has 0 aliphatic heterocycles. The molecule has 0 N–H and O–H groups in total.